The van der Waals surface area contributed by atoms with Crippen molar-refractivity contribution in [2.24, 2.45) is 0 Å². The van der Waals surface area contributed by atoms with Crippen LogP contribution >= 0.6 is 11.3 Å². The average Bonchev–Trinajstić information content (AvgIpc) is 3.00. The minimum atomic E-state index is -0.340. The van der Waals surface area contributed by atoms with Gasteiger partial charge >= 0.3 is 0 Å². The Balaban J connectivity index is 1.87. The lowest BCUT2D eigenvalue weighted by molar-refractivity contribution is -0.117. The number of thiophene rings is 1. The van der Waals surface area contributed by atoms with Gasteiger partial charge in [0.1, 0.15) is 6.04 Å². The molecule has 98 valence electrons. The van der Waals surface area contributed by atoms with Crippen molar-refractivity contribution in [2.75, 3.05) is 10.6 Å². The number of nitrogens with one attached hydrogen (secondary N) is 2. The first-order valence-corrected chi connectivity index (χ1v) is 7.19. The molecule has 1 aliphatic heterocycles. The van der Waals surface area contributed by atoms with Crippen LogP contribution in [0.15, 0.2) is 48.0 Å². The van der Waals surface area contributed by atoms with E-state index in [0.29, 0.717) is 0 Å². The molecular formula is C15H11N3OS. The molecule has 4 rings (SSSR count). The summed E-state index contributed by atoms with van der Waals surface area (Å²) in [6, 6.07) is 11.5. The molecule has 0 saturated carbocycles. The number of carbonyl (C=O) groups excluding carboxylic acids is 1. The van der Waals surface area contributed by atoms with Crippen LogP contribution in [0.4, 0.5) is 11.4 Å². The largest absolute Gasteiger partial charge is 0.367 e. The van der Waals surface area contributed by atoms with Gasteiger partial charge in [-0.05, 0) is 17.5 Å². The molecule has 0 spiro atoms. The summed E-state index contributed by atoms with van der Waals surface area (Å²) in [7, 11) is 0. The summed E-state index contributed by atoms with van der Waals surface area (Å²) in [5.41, 5.74) is 2.59. The molecular weight excluding hydrogens is 270 g/mol. The molecule has 1 atom stereocenters. The molecule has 2 N–H and O–H groups in total. The smallest absolute Gasteiger partial charge is 0.252 e. The third kappa shape index (κ3) is 1.67. The quantitative estimate of drug-likeness (QED) is 0.718. The van der Waals surface area contributed by atoms with Crippen molar-refractivity contribution in [3.05, 3.63) is 52.9 Å². The number of para-hydroxylation sites is 1. The van der Waals surface area contributed by atoms with Crippen LogP contribution in [0.2, 0.25) is 0 Å². The summed E-state index contributed by atoms with van der Waals surface area (Å²) in [6.07, 6.45) is 1.70. The Bertz CT molecular complexity index is 798. The lowest BCUT2D eigenvalue weighted by atomic mass is 10.1. The number of aromatic nitrogens is 1. The van der Waals surface area contributed by atoms with Crippen LogP contribution < -0.4 is 10.6 Å². The van der Waals surface area contributed by atoms with E-state index in [4.69, 9.17) is 0 Å². The highest BCUT2D eigenvalue weighted by Crippen LogP contribution is 2.37. The highest BCUT2D eigenvalue weighted by Gasteiger charge is 2.28. The SMILES string of the molecule is O=C1Nc2cnc3ccccc3c2NC1c1cccs1. The molecule has 3 heterocycles. The first kappa shape index (κ1) is 11.4. The first-order valence-electron chi connectivity index (χ1n) is 6.31. The molecule has 1 aromatic carbocycles. The molecule has 0 saturated heterocycles. The van der Waals surface area contributed by atoms with Crippen molar-refractivity contribution in [1.82, 2.24) is 4.98 Å². The molecule has 1 aliphatic rings. The molecule has 0 aliphatic carbocycles. The number of nitrogens with zero attached hydrogens (tertiary/aromatic N) is 1. The van der Waals surface area contributed by atoms with Gasteiger partial charge in [0.25, 0.3) is 5.91 Å². The van der Waals surface area contributed by atoms with Crippen LogP contribution in [0.25, 0.3) is 10.9 Å². The zero-order valence-corrected chi connectivity index (χ0v) is 11.3. The monoisotopic (exact) mass is 281 g/mol. The Hall–Kier alpha value is -2.40. The van der Waals surface area contributed by atoms with E-state index in [0.717, 1.165) is 27.2 Å². The average molecular weight is 281 g/mol. The summed E-state index contributed by atoms with van der Waals surface area (Å²) in [5.74, 6) is -0.0444. The summed E-state index contributed by atoms with van der Waals surface area (Å²) < 4.78 is 0. The number of anilines is 2. The molecule has 3 aromatic rings. The predicted octanol–water partition coefficient (Wildman–Crippen LogP) is 3.40. The van der Waals surface area contributed by atoms with Gasteiger partial charge in [0.05, 0.1) is 23.1 Å². The van der Waals surface area contributed by atoms with Crippen LogP contribution in [-0.2, 0) is 4.79 Å². The van der Waals surface area contributed by atoms with Crippen molar-refractivity contribution < 1.29 is 4.79 Å². The van der Waals surface area contributed by atoms with Gasteiger partial charge in [-0.3, -0.25) is 9.78 Å². The van der Waals surface area contributed by atoms with E-state index in [1.807, 2.05) is 41.8 Å². The van der Waals surface area contributed by atoms with Gasteiger partial charge in [-0.25, -0.2) is 0 Å². The highest BCUT2D eigenvalue weighted by atomic mass is 32.1. The first-order chi connectivity index (χ1) is 9.83. The van der Waals surface area contributed by atoms with E-state index in [2.05, 4.69) is 15.6 Å². The topological polar surface area (TPSA) is 54.0 Å². The third-order valence-corrected chi connectivity index (χ3v) is 4.35. The molecule has 2 aromatic heterocycles. The lowest BCUT2D eigenvalue weighted by Gasteiger charge is -2.26. The second-order valence-electron chi connectivity index (χ2n) is 4.65. The molecule has 1 amide bonds. The maximum Gasteiger partial charge on any atom is 0.252 e. The normalized spacial score (nSPS) is 17.4. The lowest BCUT2D eigenvalue weighted by Crippen LogP contribution is -2.31. The van der Waals surface area contributed by atoms with Crippen LogP contribution in [0.3, 0.4) is 0 Å². The van der Waals surface area contributed by atoms with Crippen LogP contribution in [0.5, 0.6) is 0 Å². The molecule has 1 unspecified atom stereocenters. The van der Waals surface area contributed by atoms with Crippen molar-refractivity contribution >= 4 is 39.5 Å². The summed E-state index contributed by atoms with van der Waals surface area (Å²) >= 11 is 1.57. The van der Waals surface area contributed by atoms with E-state index < -0.39 is 0 Å². The maximum atomic E-state index is 12.2. The number of amides is 1. The second kappa shape index (κ2) is 4.31. The minimum Gasteiger partial charge on any atom is -0.367 e. The molecule has 20 heavy (non-hydrogen) atoms. The van der Waals surface area contributed by atoms with Gasteiger partial charge in [-0.1, -0.05) is 24.3 Å². The van der Waals surface area contributed by atoms with Crippen molar-refractivity contribution in [2.45, 2.75) is 6.04 Å². The highest BCUT2D eigenvalue weighted by molar-refractivity contribution is 7.10. The standard InChI is InChI=1S/C15H11N3OS/c19-15-14(12-6-3-7-20-12)18-13-9-4-1-2-5-10(9)16-8-11(13)17-15/h1-8,14,18H,(H,17,19). The zero-order valence-electron chi connectivity index (χ0n) is 10.5. The third-order valence-electron chi connectivity index (χ3n) is 3.41. The molecule has 0 radical (unpaired) electrons. The van der Waals surface area contributed by atoms with Gasteiger partial charge in [0.15, 0.2) is 0 Å². The van der Waals surface area contributed by atoms with Crippen molar-refractivity contribution in [1.29, 1.82) is 0 Å². The van der Waals surface area contributed by atoms with E-state index >= 15 is 0 Å². The number of fused-ring (bicyclic) bond motifs is 3. The molecule has 5 heteroatoms. The fourth-order valence-electron chi connectivity index (χ4n) is 2.46. The van der Waals surface area contributed by atoms with Gasteiger partial charge in [0.2, 0.25) is 0 Å². The summed E-state index contributed by atoms with van der Waals surface area (Å²) in [4.78, 5) is 17.6. The zero-order chi connectivity index (χ0) is 13.5. The van der Waals surface area contributed by atoms with E-state index in [9.17, 15) is 4.79 Å². The Morgan fingerprint density at radius 3 is 2.90 bits per heavy atom. The van der Waals surface area contributed by atoms with Crippen molar-refractivity contribution in [3.8, 4) is 0 Å². The summed E-state index contributed by atoms with van der Waals surface area (Å²) in [6.45, 7) is 0. The second-order valence-corrected chi connectivity index (χ2v) is 5.63. The maximum absolute atomic E-state index is 12.2. The minimum absolute atomic E-state index is 0.0444. The van der Waals surface area contributed by atoms with Crippen LogP contribution in [-0.4, -0.2) is 10.9 Å². The predicted molar refractivity (Wildman–Crippen MR) is 81.1 cm³/mol. The van der Waals surface area contributed by atoms with E-state index in [1.54, 1.807) is 17.5 Å². The number of carbonyl (C=O) groups is 1. The van der Waals surface area contributed by atoms with Crippen molar-refractivity contribution in [3.63, 3.8) is 0 Å². The fourth-order valence-corrected chi connectivity index (χ4v) is 3.24. The van der Waals surface area contributed by atoms with Gasteiger partial charge < -0.3 is 10.6 Å². The van der Waals surface area contributed by atoms with E-state index in [1.165, 1.54) is 0 Å². The number of benzene rings is 1. The van der Waals surface area contributed by atoms with Gasteiger partial charge in [-0.2, -0.15) is 0 Å². The Kier molecular flexibility index (Phi) is 2.47. The van der Waals surface area contributed by atoms with E-state index in [-0.39, 0.29) is 11.9 Å². The fraction of sp³-hybridized carbons (Fsp3) is 0.0667. The number of rotatable bonds is 1. The molecule has 4 nitrogen and oxygen atoms in total. The van der Waals surface area contributed by atoms with Gasteiger partial charge in [0, 0.05) is 10.3 Å². The molecule has 0 bridgehead atoms. The Morgan fingerprint density at radius 2 is 2.05 bits per heavy atom. The molecule has 0 fully saturated rings. The summed E-state index contributed by atoms with van der Waals surface area (Å²) in [5, 5.41) is 9.28. The number of hydrogen-bond acceptors (Lipinski definition) is 4. The number of hydrogen-bond donors (Lipinski definition) is 2. The van der Waals surface area contributed by atoms with Crippen LogP contribution in [0, 0.1) is 0 Å². The van der Waals surface area contributed by atoms with Gasteiger partial charge in [-0.15, -0.1) is 11.3 Å². The Labute approximate surface area is 119 Å². The van der Waals surface area contributed by atoms with Crippen LogP contribution in [0.1, 0.15) is 10.9 Å². The number of pyridine rings is 1. The Morgan fingerprint density at radius 1 is 1.15 bits per heavy atom.